The highest BCUT2D eigenvalue weighted by Crippen LogP contribution is 2.21. The zero-order valence-corrected chi connectivity index (χ0v) is 13.8. The maximum atomic E-state index is 12.2. The van der Waals surface area contributed by atoms with Crippen molar-refractivity contribution in [2.75, 3.05) is 4.72 Å². The van der Waals surface area contributed by atoms with Gasteiger partial charge in [0.2, 0.25) is 0 Å². The molecule has 2 rings (SSSR count). The molecule has 6 heteroatoms. The highest BCUT2D eigenvalue weighted by atomic mass is 127. The Morgan fingerprint density at radius 3 is 2.32 bits per heavy atom. The van der Waals surface area contributed by atoms with Crippen molar-refractivity contribution in [2.45, 2.75) is 11.8 Å². The Morgan fingerprint density at radius 1 is 1.11 bits per heavy atom. The van der Waals surface area contributed by atoms with Gasteiger partial charge < -0.3 is 0 Å². The van der Waals surface area contributed by atoms with E-state index in [1.165, 1.54) is 12.1 Å². The summed E-state index contributed by atoms with van der Waals surface area (Å²) in [5, 5.41) is 0.504. The van der Waals surface area contributed by atoms with Crippen LogP contribution in [0.25, 0.3) is 0 Å². The number of rotatable bonds is 3. The highest BCUT2D eigenvalue weighted by molar-refractivity contribution is 14.1. The molecule has 0 atom stereocenters. The topological polar surface area (TPSA) is 46.2 Å². The Hall–Kier alpha value is -0.790. The van der Waals surface area contributed by atoms with E-state index in [0.29, 0.717) is 10.7 Å². The van der Waals surface area contributed by atoms with Crippen LogP contribution in [0.15, 0.2) is 47.4 Å². The second kappa shape index (κ2) is 5.68. The van der Waals surface area contributed by atoms with Crippen molar-refractivity contribution >= 4 is 49.9 Å². The molecule has 0 spiro atoms. The molecule has 3 nitrogen and oxygen atoms in total. The number of hydrogen-bond donors (Lipinski definition) is 1. The number of sulfonamides is 1. The predicted molar refractivity (Wildman–Crippen MR) is 86.2 cm³/mol. The van der Waals surface area contributed by atoms with Gasteiger partial charge in [0.25, 0.3) is 10.0 Å². The second-order valence-corrected chi connectivity index (χ2v) is 7.30. The van der Waals surface area contributed by atoms with Gasteiger partial charge in [0.15, 0.2) is 0 Å². The number of halogens is 2. The molecule has 1 N–H and O–H groups in total. The van der Waals surface area contributed by atoms with Crippen molar-refractivity contribution in [3.05, 3.63) is 56.6 Å². The highest BCUT2D eigenvalue weighted by Gasteiger charge is 2.14. The van der Waals surface area contributed by atoms with Crippen LogP contribution in [0.2, 0.25) is 5.02 Å². The van der Waals surface area contributed by atoms with Crippen LogP contribution in [0.5, 0.6) is 0 Å². The minimum Gasteiger partial charge on any atom is -0.280 e. The molecule has 0 saturated heterocycles. The number of anilines is 1. The SMILES string of the molecule is Cc1ccc(NS(=O)(=O)c2ccc(Cl)cc2)cc1I. The molecular formula is C13H11ClINO2S. The number of nitrogens with one attached hydrogen (secondary N) is 1. The quantitative estimate of drug-likeness (QED) is 0.780. The van der Waals surface area contributed by atoms with Crippen molar-refractivity contribution in [1.29, 1.82) is 0 Å². The average Bonchev–Trinajstić information content (AvgIpc) is 2.34. The summed E-state index contributed by atoms with van der Waals surface area (Å²) in [6.07, 6.45) is 0. The Bertz CT molecular complexity index is 699. The minimum atomic E-state index is -3.57. The van der Waals surface area contributed by atoms with Gasteiger partial charge in [0.1, 0.15) is 0 Å². The molecule has 2 aromatic rings. The van der Waals surface area contributed by atoms with E-state index in [4.69, 9.17) is 11.6 Å². The summed E-state index contributed by atoms with van der Waals surface area (Å²) in [5.41, 5.74) is 1.65. The van der Waals surface area contributed by atoms with E-state index in [1.807, 2.05) is 13.0 Å². The molecule has 0 saturated carbocycles. The molecule has 0 aliphatic carbocycles. The Kier molecular flexibility index (Phi) is 4.37. The Labute approximate surface area is 131 Å². The lowest BCUT2D eigenvalue weighted by molar-refractivity contribution is 0.601. The van der Waals surface area contributed by atoms with Crippen LogP contribution in [0, 0.1) is 10.5 Å². The summed E-state index contributed by atoms with van der Waals surface area (Å²) in [5.74, 6) is 0. The summed E-state index contributed by atoms with van der Waals surface area (Å²) in [6, 6.07) is 11.5. The summed E-state index contributed by atoms with van der Waals surface area (Å²) in [6.45, 7) is 1.97. The third-order valence-corrected chi connectivity index (χ3v) is 5.36. The first kappa shape index (κ1) is 14.6. The first-order valence-electron chi connectivity index (χ1n) is 5.43. The zero-order valence-electron chi connectivity index (χ0n) is 10.0. The number of benzene rings is 2. The fraction of sp³-hybridized carbons (Fsp3) is 0.0769. The standard InChI is InChI=1S/C13H11ClINO2S/c1-9-2-5-11(8-13(9)15)16-19(17,18)12-6-3-10(14)4-7-12/h2-8,16H,1H3. The van der Waals surface area contributed by atoms with Crippen molar-refractivity contribution in [2.24, 2.45) is 0 Å². The molecule has 0 bridgehead atoms. The summed E-state index contributed by atoms with van der Waals surface area (Å²) >= 11 is 7.91. The molecule has 100 valence electrons. The third-order valence-electron chi connectivity index (χ3n) is 2.55. The monoisotopic (exact) mass is 407 g/mol. The van der Waals surface area contributed by atoms with Crippen molar-refractivity contribution in [3.63, 3.8) is 0 Å². The Morgan fingerprint density at radius 2 is 1.74 bits per heavy atom. The molecular weight excluding hydrogens is 397 g/mol. The predicted octanol–water partition coefficient (Wildman–Crippen LogP) is 4.05. The lowest BCUT2D eigenvalue weighted by Gasteiger charge is -2.09. The maximum Gasteiger partial charge on any atom is 0.261 e. The van der Waals surface area contributed by atoms with Gasteiger partial charge in [0, 0.05) is 14.3 Å². The maximum absolute atomic E-state index is 12.2. The average molecular weight is 408 g/mol. The lowest BCUT2D eigenvalue weighted by Crippen LogP contribution is -2.12. The van der Waals surface area contributed by atoms with Crippen LogP contribution in [-0.4, -0.2) is 8.42 Å². The van der Waals surface area contributed by atoms with E-state index in [0.717, 1.165) is 9.13 Å². The van der Waals surface area contributed by atoms with E-state index in [9.17, 15) is 8.42 Å². The van der Waals surface area contributed by atoms with Crippen molar-refractivity contribution in [1.82, 2.24) is 0 Å². The van der Waals surface area contributed by atoms with Gasteiger partial charge in [-0.1, -0.05) is 17.7 Å². The van der Waals surface area contributed by atoms with E-state index in [2.05, 4.69) is 27.3 Å². The van der Waals surface area contributed by atoms with Gasteiger partial charge in [-0.05, 0) is 71.5 Å². The lowest BCUT2D eigenvalue weighted by atomic mass is 10.2. The van der Waals surface area contributed by atoms with E-state index < -0.39 is 10.0 Å². The molecule has 0 heterocycles. The van der Waals surface area contributed by atoms with Gasteiger partial charge in [0.05, 0.1) is 4.90 Å². The molecule has 2 aromatic carbocycles. The third kappa shape index (κ3) is 3.61. The van der Waals surface area contributed by atoms with Crippen LogP contribution in [-0.2, 0) is 10.0 Å². The van der Waals surface area contributed by atoms with Crippen LogP contribution < -0.4 is 4.72 Å². The molecule has 19 heavy (non-hydrogen) atoms. The molecule has 0 radical (unpaired) electrons. The van der Waals surface area contributed by atoms with E-state index in [-0.39, 0.29) is 4.90 Å². The molecule has 0 aliphatic rings. The Balaban J connectivity index is 2.30. The molecule has 0 aromatic heterocycles. The van der Waals surface area contributed by atoms with Gasteiger partial charge in [-0.25, -0.2) is 8.42 Å². The fourth-order valence-electron chi connectivity index (χ4n) is 1.48. The second-order valence-electron chi connectivity index (χ2n) is 4.02. The molecule has 0 aliphatic heterocycles. The van der Waals surface area contributed by atoms with Crippen LogP contribution in [0.3, 0.4) is 0 Å². The summed E-state index contributed by atoms with van der Waals surface area (Å²) in [4.78, 5) is 0.187. The minimum absolute atomic E-state index is 0.187. The number of hydrogen-bond acceptors (Lipinski definition) is 2. The van der Waals surface area contributed by atoms with Gasteiger partial charge in [-0.2, -0.15) is 0 Å². The largest absolute Gasteiger partial charge is 0.280 e. The van der Waals surface area contributed by atoms with Crippen LogP contribution >= 0.6 is 34.2 Å². The van der Waals surface area contributed by atoms with Crippen LogP contribution in [0.4, 0.5) is 5.69 Å². The van der Waals surface area contributed by atoms with Crippen LogP contribution in [0.1, 0.15) is 5.56 Å². The molecule has 0 fully saturated rings. The van der Waals surface area contributed by atoms with Crippen molar-refractivity contribution in [3.8, 4) is 0 Å². The fourth-order valence-corrected chi connectivity index (χ4v) is 3.17. The molecule has 0 amide bonds. The van der Waals surface area contributed by atoms with E-state index >= 15 is 0 Å². The zero-order chi connectivity index (χ0) is 14.0. The van der Waals surface area contributed by atoms with E-state index in [1.54, 1.807) is 24.3 Å². The normalized spacial score (nSPS) is 11.3. The van der Waals surface area contributed by atoms with Gasteiger partial charge >= 0.3 is 0 Å². The molecule has 0 unspecified atom stereocenters. The summed E-state index contributed by atoms with van der Waals surface area (Å²) < 4.78 is 27.9. The first-order valence-corrected chi connectivity index (χ1v) is 8.37. The van der Waals surface area contributed by atoms with Gasteiger partial charge in [-0.3, -0.25) is 4.72 Å². The van der Waals surface area contributed by atoms with Crippen molar-refractivity contribution < 1.29 is 8.42 Å². The smallest absolute Gasteiger partial charge is 0.261 e. The number of aryl methyl sites for hydroxylation is 1. The summed E-state index contributed by atoms with van der Waals surface area (Å²) in [7, 11) is -3.57. The van der Waals surface area contributed by atoms with Gasteiger partial charge in [-0.15, -0.1) is 0 Å². The first-order chi connectivity index (χ1) is 8.88.